The lowest BCUT2D eigenvalue weighted by molar-refractivity contribution is 0.521. The van der Waals surface area contributed by atoms with Gasteiger partial charge < -0.3 is 0 Å². The van der Waals surface area contributed by atoms with E-state index in [2.05, 4.69) is 15.2 Å². The third-order valence-electron chi connectivity index (χ3n) is 3.77. The molecule has 0 bridgehead atoms. The van der Waals surface area contributed by atoms with E-state index >= 15 is 0 Å². The fourth-order valence-electron chi connectivity index (χ4n) is 2.41. The van der Waals surface area contributed by atoms with Gasteiger partial charge in [-0.05, 0) is 31.5 Å². The van der Waals surface area contributed by atoms with Crippen LogP contribution in [-0.2, 0) is 10.0 Å². The van der Waals surface area contributed by atoms with Crippen LogP contribution < -0.4 is 10.1 Å². The molecular weight excluding hydrogens is 310 g/mol. The SMILES string of the molecule is Cc1ccc(C2=NNC(NS(=O)(=O)c3ccc(C)cc3)C2)cc1. The van der Waals surface area contributed by atoms with E-state index in [4.69, 9.17) is 0 Å². The van der Waals surface area contributed by atoms with Crippen LogP contribution in [0.5, 0.6) is 0 Å². The standard InChI is InChI=1S/C17H19N3O2S/c1-12-3-7-14(8-4-12)16-11-17(19-18-16)20-23(21,22)15-9-5-13(2)6-10-15/h3-10,17,19-20H,11H2,1-2H3. The summed E-state index contributed by atoms with van der Waals surface area (Å²) in [6.45, 7) is 3.95. The number of benzene rings is 2. The lowest BCUT2D eigenvalue weighted by atomic mass is 10.1. The van der Waals surface area contributed by atoms with E-state index in [1.807, 2.05) is 38.1 Å². The predicted molar refractivity (Wildman–Crippen MR) is 90.8 cm³/mol. The summed E-state index contributed by atoms with van der Waals surface area (Å²) in [6, 6.07) is 14.8. The van der Waals surface area contributed by atoms with Crippen LogP contribution in [-0.4, -0.2) is 20.3 Å². The van der Waals surface area contributed by atoms with Crippen molar-refractivity contribution in [2.24, 2.45) is 5.10 Å². The smallest absolute Gasteiger partial charge is 0.242 e. The summed E-state index contributed by atoms with van der Waals surface area (Å²) >= 11 is 0. The molecule has 5 nitrogen and oxygen atoms in total. The second-order valence-electron chi connectivity index (χ2n) is 5.74. The number of hydrazone groups is 1. The fourth-order valence-corrected chi connectivity index (χ4v) is 3.55. The zero-order chi connectivity index (χ0) is 16.4. The molecule has 2 N–H and O–H groups in total. The third-order valence-corrected chi connectivity index (χ3v) is 5.25. The third kappa shape index (κ3) is 3.60. The van der Waals surface area contributed by atoms with Gasteiger partial charge in [-0.25, -0.2) is 8.42 Å². The largest absolute Gasteiger partial charge is 0.291 e. The Bertz CT molecular complexity index is 825. The normalized spacial score (nSPS) is 17.7. The summed E-state index contributed by atoms with van der Waals surface area (Å²) in [5.74, 6) is 0. The van der Waals surface area contributed by atoms with E-state index in [9.17, 15) is 8.42 Å². The molecule has 0 amide bonds. The van der Waals surface area contributed by atoms with Crippen LogP contribution in [0.15, 0.2) is 58.5 Å². The molecule has 1 heterocycles. The minimum Gasteiger partial charge on any atom is -0.291 e. The lowest BCUT2D eigenvalue weighted by Gasteiger charge is -2.13. The van der Waals surface area contributed by atoms with Gasteiger partial charge in [0.05, 0.1) is 10.6 Å². The molecule has 2 aromatic carbocycles. The summed E-state index contributed by atoms with van der Waals surface area (Å²) in [7, 11) is -3.56. The maximum atomic E-state index is 12.4. The second-order valence-corrected chi connectivity index (χ2v) is 7.46. The number of nitrogens with one attached hydrogen (secondary N) is 2. The lowest BCUT2D eigenvalue weighted by Crippen LogP contribution is -2.40. The van der Waals surface area contributed by atoms with Crippen molar-refractivity contribution in [1.29, 1.82) is 0 Å². The van der Waals surface area contributed by atoms with Gasteiger partial charge in [0.1, 0.15) is 6.17 Å². The van der Waals surface area contributed by atoms with Crippen molar-refractivity contribution < 1.29 is 8.42 Å². The van der Waals surface area contributed by atoms with E-state index in [1.54, 1.807) is 24.3 Å². The van der Waals surface area contributed by atoms with Crippen LogP contribution in [0.2, 0.25) is 0 Å². The first-order chi connectivity index (χ1) is 10.9. The number of sulfonamides is 1. The molecule has 1 aliphatic heterocycles. The van der Waals surface area contributed by atoms with E-state index in [0.717, 1.165) is 16.8 Å². The Morgan fingerprint density at radius 3 is 2.17 bits per heavy atom. The Hall–Kier alpha value is -2.18. The zero-order valence-corrected chi connectivity index (χ0v) is 13.9. The average Bonchev–Trinajstić information content (AvgIpc) is 2.96. The molecule has 1 aliphatic rings. The highest BCUT2D eigenvalue weighted by molar-refractivity contribution is 7.89. The maximum absolute atomic E-state index is 12.4. The highest BCUT2D eigenvalue weighted by Crippen LogP contribution is 2.15. The first-order valence-corrected chi connectivity index (χ1v) is 8.90. The molecule has 0 aromatic heterocycles. The Labute approximate surface area is 136 Å². The Balaban J connectivity index is 1.69. The van der Waals surface area contributed by atoms with E-state index < -0.39 is 16.2 Å². The van der Waals surface area contributed by atoms with Gasteiger partial charge in [-0.2, -0.15) is 9.82 Å². The number of hydrogen-bond donors (Lipinski definition) is 2. The summed E-state index contributed by atoms with van der Waals surface area (Å²) < 4.78 is 27.4. The second kappa shape index (κ2) is 6.14. The highest BCUT2D eigenvalue weighted by atomic mass is 32.2. The molecule has 120 valence electrons. The molecule has 2 aromatic rings. The molecule has 0 radical (unpaired) electrons. The van der Waals surface area contributed by atoms with Crippen LogP contribution in [0, 0.1) is 13.8 Å². The molecule has 0 saturated carbocycles. The van der Waals surface area contributed by atoms with E-state index in [-0.39, 0.29) is 4.90 Å². The van der Waals surface area contributed by atoms with Crippen molar-refractivity contribution in [2.75, 3.05) is 0 Å². The highest BCUT2D eigenvalue weighted by Gasteiger charge is 2.25. The molecule has 3 rings (SSSR count). The van der Waals surface area contributed by atoms with Crippen LogP contribution >= 0.6 is 0 Å². The monoisotopic (exact) mass is 329 g/mol. The van der Waals surface area contributed by atoms with Crippen molar-refractivity contribution in [3.05, 3.63) is 65.2 Å². The quantitative estimate of drug-likeness (QED) is 0.904. The van der Waals surface area contributed by atoms with Crippen LogP contribution in [0.1, 0.15) is 23.1 Å². The van der Waals surface area contributed by atoms with Gasteiger partial charge in [-0.1, -0.05) is 47.5 Å². The van der Waals surface area contributed by atoms with Crippen molar-refractivity contribution in [2.45, 2.75) is 31.3 Å². The van der Waals surface area contributed by atoms with Crippen LogP contribution in [0.4, 0.5) is 0 Å². The average molecular weight is 329 g/mol. The number of aryl methyl sites for hydroxylation is 2. The van der Waals surface area contributed by atoms with Gasteiger partial charge in [0, 0.05) is 6.42 Å². The first-order valence-electron chi connectivity index (χ1n) is 7.42. The molecule has 1 atom stereocenters. The minimum atomic E-state index is -3.56. The molecule has 0 fully saturated rings. The predicted octanol–water partition coefficient (Wildman–Crippen LogP) is 2.31. The topological polar surface area (TPSA) is 70.6 Å². The number of rotatable bonds is 4. The fraction of sp³-hybridized carbons (Fsp3) is 0.235. The summed E-state index contributed by atoms with van der Waals surface area (Å²) in [4.78, 5) is 0.258. The summed E-state index contributed by atoms with van der Waals surface area (Å²) in [5, 5.41) is 4.25. The molecular formula is C17H19N3O2S. The Kier molecular flexibility index (Phi) is 4.19. The first kappa shape index (κ1) is 15.7. The van der Waals surface area contributed by atoms with Gasteiger partial charge in [-0.3, -0.25) is 5.43 Å². The van der Waals surface area contributed by atoms with Gasteiger partial charge in [-0.15, -0.1) is 0 Å². The van der Waals surface area contributed by atoms with Gasteiger partial charge >= 0.3 is 0 Å². The number of nitrogens with zero attached hydrogens (tertiary/aromatic N) is 1. The van der Waals surface area contributed by atoms with Crippen molar-refractivity contribution >= 4 is 15.7 Å². The molecule has 6 heteroatoms. The zero-order valence-electron chi connectivity index (χ0n) is 13.1. The van der Waals surface area contributed by atoms with Gasteiger partial charge in [0.15, 0.2) is 0 Å². The van der Waals surface area contributed by atoms with Crippen molar-refractivity contribution in [1.82, 2.24) is 10.1 Å². The maximum Gasteiger partial charge on any atom is 0.242 e. The van der Waals surface area contributed by atoms with E-state index in [1.165, 1.54) is 5.56 Å². The molecule has 0 aliphatic carbocycles. The van der Waals surface area contributed by atoms with Gasteiger partial charge in [0.2, 0.25) is 10.0 Å². The van der Waals surface area contributed by atoms with Crippen molar-refractivity contribution in [3.8, 4) is 0 Å². The Morgan fingerprint density at radius 2 is 1.57 bits per heavy atom. The van der Waals surface area contributed by atoms with Crippen molar-refractivity contribution in [3.63, 3.8) is 0 Å². The molecule has 1 unspecified atom stereocenters. The van der Waals surface area contributed by atoms with E-state index in [0.29, 0.717) is 6.42 Å². The summed E-state index contributed by atoms with van der Waals surface area (Å²) in [6.07, 6.45) is 0.0753. The summed E-state index contributed by atoms with van der Waals surface area (Å²) in [5.41, 5.74) is 6.90. The molecule has 0 spiro atoms. The molecule has 0 saturated heterocycles. The van der Waals surface area contributed by atoms with Crippen LogP contribution in [0.25, 0.3) is 0 Å². The number of hydrogen-bond acceptors (Lipinski definition) is 4. The Morgan fingerprint density at radius 1 is 1.00 bits per heavy atom. The van der Waals surface area contributed by atoms with Crippen LogP contribution in [0.3, 0.4) is 0 Å². The van der Waals surface area contributed by atoms with Gasteiger partial charge in [0.25, 0.3) is 0 Å². The minimum absolute atomic E-state index is 0.258. The molecule has 23 heavy (non-hydrogen) atoms.